The van der Waals surface area contributed by atoms with Crippen molar-refractivity contribution in [2.45, 2.75) is 24.8 Å². The predicted octanol–water partition coefficient (Wildman–Crippen LogP) is 2.52. The van der Waals surface area contributed by atoms with Crippen molar-refractivity contribution in [3.8, 4) is 0 Å². The molecule has 0 unspecified atom stereocenters. The van der Waals surface area contributed by atoms with Gasteiger partial charge in [-0.1, -0.05) is 18.2 Å². The molecule has 0 radical (unpaired) electrons. The summed E-state index contributed by atoms with van der Waals surface area (Å²) in [7, 11) is 0. The van der Waals surface area contributed by atoms with E-state index in [-0.39, 0.29) is 24.6 Å². The van der Waals surface area contributed by atoms with Crippen molar-refractivity contribution in [3.05, 3.63) is 76.2 Å². The monoisotopic (exact) mass is 369 g/mol. The smallest absolute Gasteiger partial charge is 0.269 e. The average molecular weight is 369 g/mol. The molecule has 1 saturated carbocycles. The van der Waals surface area contributed by atoms with Crippen LogP contribution in [0.4, 0.5) is 8.78 Å². The number of fused-ring (bicyclic) bond motifs is 1. The Bertz CT molecular complexity index is 1090. The van der Waals surface area contributed by atoms with Crippen LogP contribution in [0.5, 0.6) is 0 Å². The zero-order valence-electron chi connectivity index (χ0n) is 14.4. The number of nitrogens with zero attached hydrogens (tertiary/aromatic N) is 2. The average Bonchev–Trinajstić information content (AvgIpc) is 3.43. The van der Waals surface area contributed by atoms with Crippen LogP contribution < -0.4 is 10.9 Å². The highest BCUT2D eigenvalue weighted by atomic mass is 19.1. The Morgan fingerprint density at radius 3 is 2.70 bits per heavy atom. The molecule has 1 amide bonds. The maximum atomic E-state index is 14.1. The van der Waals surface area contributed by atoms with Crippen LogP contribution in [0.15, 0.2) is 53.5 Å². The highest BCUT2D eigenvalue weighted by Gasteiger charge is 2.46. The minimum absolute atomic E-state index is 0.149. The first kappa shape index (κ1) is 17.3. The van der Waals surface area contributed by atoms with Gasteiger partial charge in [-0.15, -0.1) is 0 Å². The van der Waals surface area contributed by atoms with Gasteiger partial charge in [-0.25, -0.2) is 13.8 Å². The highest BCUT2D eigenvalue weighted by Crippen LogP contribution is 2.48. The van der Waals surface area contributed by atoms with Gasteiger partial charge in [0, 0.05) is 18.0 Å². The van der Waals surface area contributed by atoms with E-state index >= 15 is 0 Å². The van der Waals surface area contributed by atoms with Crippen LogP contribution in [0.2, 0.25) is 0 Å². The fraction of sp³-hybridized carbons (Fsp3) is 0.250. The van der Waals surface area contributed by atoms with Crippen molar-refractivity contribution in [2.75, 3.05) is 6.54 Å². The minimum atomic E-state index is -0.625. The lowest BCUT2D eigenvalue weighted by atomic mass is 9.95. The first-order valence-electron chi connectivity index (χ1n) is 8.65. The topological polar surface area (TPSA) is 64.0 Å². The van der Waals surface area contributed by atoms with Gasteiger partial charge in [-0.3, -0.25) is 14.2 Å². The second-order valence-electron chi connectivity index (χ2n) is 6.85. The fourth-order valence-electron chi connectivity index (χ4n) is 3.36. The van der Waals surface area contributed by atoms with E-state index in [1.54, 1.807) is 24.3 Å². The summed E-state index contributed by atoms with van der Waals surface area (Å²) in [6.07, 6.45) is 2.62. The molecule has 1 aliphatic carbocycles. The lowest BCUT2D eigenvalue weighted by Crippen LogP contribution is -2.37. The van der Waals surface area contributed by atoms with Gasteiger partial charge in [-0.2, -0.15) is 0 Å². The minimum Gasteiger partial charge on any atom is -0.354 e. The second kappa shape index (κ2) is 6.57. The Kier molecular flexibility index (Phi) is 4.22. The third kappa shape index (κ3) is 3.32. The molecule has 0 spiro atoms. The summed E-state index contributed by atoms with van der Waals surface area (Å²) >= 11 is 0. The molecule has 138 valence electrons. The molecule has 27 heavy (non-hydrogen) atoms. The summed E-state index contributed by atoms with van der Waals surface area (Å²) in [5, 5.41) is 2.79. The van der Waals surface area contributed by atoms with Crippen LogP contribution in [-0.4, -0.2) is 22.0 Å². The Hall–Kier alpha value is -3.09. The maximum absolute atomic E-state index is 14.1. The van der Waals surface area contributed by atoms with Crippen molar-refractivity contribution in [2.24, 2.45) is 0 Å². The summed E-state index contributed by atoms with van der Waals surface area (Å²) in [6, 6.07) is 10.6. The van der Waals surface area contributed by atoms with Gasteiger partial charge in [0.1, 0.15) is 18.2 Å². The summed E-state index contributed by atoms with van der Waals surface area (Å²) in [5.74, 6) is -1.57. The Labute approximate surface area is 153 Å². The molecule has 3 aromatic rings. The van der Waals surface area contributed by atoms with E-state index in [2.05, 4.69) is 10.3 Å². The number of carbonyl (C=O) groups is 1. The van der Waals surface area contributed by atoms with Crippen LogP contribution in [0.25, 0.3) is 11.0 Å². The molecule has 1 aliphatic rings. The molecule has 1 fully saturated rings. The summed E-state index contributed by atoms with van der Waals surface area (Å²) in [5.41, 5.74) is 0.742. The number of aromatic nitrogens is 2. The quantitative estimate of drug-likeness (QED) is 0.752. The number of carbonyl (C=O) groups excluding carboxylic acids is 1. The number of para-hydroxylation sites is 2. The molecule has 0 atom stereocenters. The molecule has 5 nitrogen and oxygen atoms in total. The van der Waals surface area contributed by atoms with Gasteiger partial charge in [0.05, 0.1) is 17.2 Å². The number of hydrogen-bond acceptors (Lipinski definition) is 3. The van der Waals surface area contributed by atoms with Crippen molar-refractivity contribution >= 4 is 16.9 Å². The van der Waals surface area contributed by atoms with E-state index < -0.39 is 17.0 Å². The van der Waals surface area contributed by atoms with Crippen molar-refractivity contribution in [1.82, 2.24) is 14.9 Å². The molecular weight excluding hydrogens is 352 g/mol. The second-order valence-corrected chi connectivity index (χ2v) is 6.85. The van der Waals surface area contributed by atoms with Crippen LogP contribution in [-0.2, 0) is 16.8 Å². The molecule has 1 N–H and O–H groups in total. The van der Waals surface area contributed by atoms with Crippen LogP contribution >= 0.6 is 0 Å². The van der Waals surface area contributed by atoms with E-state index in [1.165, 1.54) is 22.9 Å². The number of amides is 1. The number of nitrogens with one attached hydrogen (secondary N) is 1. The lowest BCUT2D eigenvalue weighted by molar-refractivity contribution is -0.121. The highest BCUT2D eigenvalue weighted by molar-refractivity contribution is 5.80. The van der Waals surface area contributed by atoms with E-state index in [0.717, 1.165) is 6.07 Å². The zero-order valence-corrected chi connectivity index (χ0v) is 14.4. The SMILES string of the molecule is O=C(Cn1c(=O)cnc2ccccc21)NCC1(c2ccc(F)cc2F)CC1. The third-order valence-corrected chi connectivity index (χ3v) is 5.03. The van der Waals surface area contributed by atoms with Gasteiger partial charge < -0.3 is 5.32 Å². The molecule has 0 saturated heterocycles. The summed E-state index contributed by atoms with van der Waals surface area (Å²) < 4.78 is 28.6. The number of rotatable bonds is 5. The molecule has 7 heteroatoms. The molecule has 0 bridgehead atoms. The molecule has 4 rings (SSSR count). The third-order valence-electron chi connectivity index (χ3n) is 5.03. The largest absolute Gasteiger partial charge is 0.354 e. The standard InChI is InChI=1S/C20H17F2N3O2/c21-13-5-6-14(15(22)9-13)20(7-8-20)12-24-18(26)11-25-17-4-2-1-3-16(17)23-10-19(25)27/h1-6,9-10H,7-8,11-12H2,(H,24,26). The number of hydrogen-bond donors (Lipinski definition) is 1. The Morgan fingerprint density at radius 2 is 1.96 bits per heavy atom. The predicted molar refractivity (Wildman–Crippen MR) is 96.3 cm³/mol. The normalized spacial score (nSPS) is 14.9. The van der Waals surface area contributed by atoms with Gasteiger partial charge in [0.2, 0.25) is 5.91 Å². The van der Waals surface area contributed by atoms with Crippen molar-refractivity contribution in [1.29, 1.82) is 0 Å². The van der Waals surface area contributed by atoms with Crippen molar-refractivity contribution in [3.63, 3.8) is 0 Å². The Morgan fingerprint density at radius 1 is 1.19 bits per heavy atom. The Balaban J connectivity index is 1.50. The molecule has 2 aromatic carbocycles. The fourth-order valence-corrected chi connectivity index (χ4v) is 3.36. The van der Waals surface area contributed by atoms with Gasteiger partial charge in [0.15, 0.2) is 0 Å². The van der Waals surface area contributed by atoms with Gasteiger partial charge in [0.25, 0.3) is 5.56 Å². The number of halogens is 2. The molecular formula is C20H17F2N3O2. The van der Waals surface area contributed by atoms with E-state index in [9.17, 15) is 18.4 Å². The molecule has 1 aromatic heterocycles. The van der Waals surface area contributed by atoms with Crippen LogP contribution in [0, 0.1) is 11.6 Å². The first-order chi connectivity index (χ1) is 13.0. The van der Waals surface area contributed by atoms with Crippen LogP contribution in [0.1, 0.15) is 18.4 Å². The van der Waals surface area contributed by atoms with Gasteiger partial charge >= 0.3 is 0 Å². The van der Waals surface area contributed by atoms with Crippen LogP contribution in [0.3, 0.4) is 0 Å². The molecule has 0 aliphatic heterocycles. The first-order valence-corrected chi connectivity index (χ1v) is 8.65. The van der Waals surface area contributed by atoms with E-state index in [4.69, 9.17) is 0 Å². The summed E-state index contributed by atoms with van der Waals surface area (Å²) in [6.45, 7) is 0.0933. The lowest BCUT2D eigenvalue weighted by Gasteiger charge is -2.18. The maximum Gasteiger partial charge on any atom is 0.269 e. The summed E-state index contributed by atoms with van der Waals surface area (Å²) in [4.78, 5) is 28.6. The van der Waals surface area contributed by atoms with Crippen molar-refractivity contribution < 1.29 is 13.6 Å². The van der Waals surface area contributed by atoms with E-state index in [0.29, 0.717) is 29.4 Å². The van der Waals surface area contributed by atoms with E-state index in [1.807, 2.05) is 0 Å². The number of benzene rings is 2. The zero-order chi connectivity index (χ0) is 19.0. The van der Waals surface area contributed by atoms with Gasteiger partial charge in [-0.05, 0) is 36.6 Å². The molecule has 1 heterocycles.